The second kappa shape index (κ2) is 5.02. The van der Waals surface area contributed by atoms with Gasteiger partial charge in [-0.15, -0.1) is 0 Å². The van der Waals surface area contributed by atoms with Gasteiger partial charge in [0.25, 0.3) is 11.5 Å². The van der Waals surface area contributed by atoms with E-state index in [0.717, 1.165) is 0 Å². The number of anilines is 1. The van der Waals surface area contributed by atoms with E-state index in [-0.39, 0.29) is 17.0 Å². The van der Waals surface area contributed by atoms with Gasteiger partial charge in [-0.3, -0.25) is 14.0 Å². The molecule has 0 aliphatic rings. The molecule has 0 radical (unpaired) electrons. The summed E-state index contributed by atoms with van der Waals surface area (Å²) in [4.78, 5) is 32.8. The van der Waals surface area contributed by atoms with Gasteiger partial charge in [0.15, 0.2) is 0 Å². The zero-order valence-electron chi connectivity index (χ0n) is 11.6. The molecule has 0 aliphatic heterocycles. The van der Waals surface area contributed by atoms with Gasteiger partial charge in [0.05, 0.1) is 11.6 Å². The average molecular weight is 307 g/mol. The molecule has 1 N–H and O–H groups in total. The van der Waals surface area contributed by atoms with Gasteiger partial charge < -0.3 is 9.84 Å². The van der Waals surface area contributed by atoms with E-state index in [1.54, 1.807) is 42.7 Å². The fourth-order valence-corrected chi connectivity index (χ4v) is 2.24. The van der Waals surface area contributed by atoms with E-state index in [1.165, 1.54) is 10.6 Å². The van der Waals surface area contributed by atoms with Crippen molar-refractivity contribution in [2.75, 3.05) is 5.32 Å². The number of hydrogen-bond donors (Lipinski definition) is 1. The lowest BCUT2D eigenvalue weighted by Gasteiger charge is -2.04. The summed E-state index contributed by atoms with van der Waals surface area (Å²) >= 11 is 0. The molecule has 0 aromatic carbocycles. The van der Waals surface area contributed by atoms with Crippen molar-refractivity contribution in [2.45, 2.75) is 0 Å². The van der Waals surface area contributed by atoms with E-state index < -0.39 is 5.91 Å². The second-order valence-corrected chi connectivity index (χ2v) is 4.75. The van der Waals surface area contributed by atoms with Crippen molar-refractivity contribution in [3.8, 4) is 0 Å². The lowest BCUT2D eigenvalue weighted by molar-refractivity contribution is 0.0990. The summed E-state index contributed by atoms with van der Waals surface area (Å²) in [6.07, 6.45) is 4.44. The Morgan fingerprint density at radius 1 is 1.17 bits per heavy atom. The highest BCUT2D eigenvalue weighted by molar-refractivity contribution is 6.09. The number of carbonyl (C=O) groups is 1. The molecule has 4 aromatic heterocycles. The second-order valence-electron chi connectivity index (χ2n) is 4.75. The van der Waals surface area contributed by atoms with E-state index >= 15 is 0 Å². The predicted octanol–water partition coefficient (Wildman–Crippen LogP) is 1.48. The Morgan fingerprint density at radius 3 is 3.00 bits per heavy atom. The molecule has 0 fully saturated rings. The maximum atomic E-state index is 12.3. The predicted molar refractivity (Wildman–Crippen MR) is 81.2 cm³/mol. The van der Waals surface area contributed by atoms with Gasteiger partial charge in [0.2, 0.25) is 11.4 Å². The van der Waals surface area contributed by atoms with Crippen molar-refractivity contribution in [1.82, 2.24) is 19.5 Å². The zero-order valence-corrected chi connectivity index (χ0v) is 11.6. The van der Waals surface area contributed by atoms with Crippen molar-refractivity contribution in [3.05, 3.63) is 65.0 Å². The van der Waals surface area contributed by atoms with Crippen molar-refractivity contribution >= 4 is 28.3 Å². The summed E-state index contributed by atoms with van der Waals surface area (Å²) in [5, 5.41) is 6.68. The molecule has 0 atom stereocenters. The molecule has 23 heavy (non-hydrogen) atoms. The van der Waals surface area contributed by atoms with Gasteiger partial charge in [-0.1, -0.05) is 11.2 Å². The summed E-state index contributed by atoms with van der Waals surface area (Å²) in [5.74, 6) is -0.596. The third-order valence-electron chi connectivity index (χ3n) is 3.32. The summed E-state index contributed by atoms with van der Waals surface area (Å²) in [7, 11) is 0. The van der Waals surface area contributed by atoms with Crippen LogP contribution in [0.1, 0.15) is 10.6 Å². The lowest BCUT2D eigenvalue weighted by Crippen LogP contribution is -2.23. The average Bonchev–Trinajstić information content (AvgIpc) is 3.02. The minimum atomic E-state index is -0.588. The molecular weight excluding hydrogens is 298 g/mol. The summed E-state index contributed by atoms with van der Waals surface area (Å²) < 4.78 is 6.37. The third-order valence-corrected chi connectivity index (χ3v) is 3.32. The van der Waals surface area contributed by atoms with E-state index in [0.29, 0.717) is 16.7 Å². The van der Waals surface area contributed by atoms with Crippen LogP contribution in [0.15, 0.2) is 58.2 Å². The van der Waals surface area contributed by atoms with Gasteiger partial charge in [0.1, 0.15) is 11.3 Å². The smallest absolute Gasteiger partial charge is 0.295 e. The number of pyridine rings is 2. The van der Waals surface area contributed by atoms with E-state index in [1.807, 2.05) is 0 Å². The molecule has 4 aromatic rings. The van der Waals surface area contributed by atoms with Gasteiger partial charge in [-0.2, -0.15) is 0 Å². The fourth-order valence-electron chi connectivity index (χ4n) is 2.24. The monoisotopic (exact) mass is 307 g/mol. The highest BCUT2D eigenvalue weighted by Gasteiger charge is 2.18. The summed E-state index contributed by atoms with van der Waals surface area (Å²) in [6.45, 7) is 0. The largest absolute Gasteiger partial charge is 0.348 e. The van der Waals surface area contributed by atoms with Crippen molar-refractivity contribution in [3.63, 3.8) is 0 Å². The lowest BCUT2D eigenvalue weighted by atomic mass is 10.2. The van der Waals surface area contributed by atoms with Crippen LogP contribution in [0.5, 0.6) is 0 Å². The molecule has 4 heterocycles. The Bertz CT molecular complexity index is 1100. The number of nitrogens with zero attached hydrogens (tertiary/aromatic N) is 4. The molecule has 0 spiro atoms. The molecule has 0 bridgehead atoms. The molecule has 4 rings (SSSR count). The van der Waals surface area contributed by atoms with Crippen LogP contribution in [-0.2, 0) is 0 Å². The highest BCUT2D eigenvalue weighted by Crippen LogP contribution is 2.16. The first-order valence-corrected chi connectivity index (χ1v) is 6.72. The first kappa shape index (κ1) is 13.1. The van der Waals surface area contributed by atoms with Gasteiger partial charge in [0, 0.05) is 12.4 Å². The van der Waals surface area contributed by atoms with Crippen LogP contribution >= 0.6 is 0 Å². The van der Waals surface area contributed by atoms with Crippen LogP contribution in [0.2, 0.25) is 0 Å². The quantitative estimate of drug-likeness (QED) is 0.602. The topological polar surface area (TPSA) is 102 Å². The van der Waals surface area contributed by atoms with Gasteiger partial charge >= 0.3 is 0 Å². The first-order valence-electron chi connectivity index (χ1n) is 6.72. The van der Waals surface area contributed by atoms with Crippen LogP contribution in [-0.4, -0.2) is 25.4 Å². The third kappa shape index (κ3) is 2.13. The standard InChI is InChI=1S/C15H9N5O3/c21-14(12-9-4-3-6-16-13(9)19-23-12)18-10-8-17-11-5-1-2-7-20(11)15(10)22/h1-8H,(H,18,21). The maximum Gasteiger partial charge on any atom is 0.295 e. The molecule has 0 aliphatic carbocycles. The molecule has 0 unspecified atom stereocenters. The number of nitrogens with one attached hydrogen (secondary N) is 1. The molecule has 1 amide bonds. The summed E-state index contributed by atoms with van der Waals surface area (Å²) in [5.41, 5.74) is 0.480. The molecular formula is C15H9N5O3. The fraction of sp³-hybridized carbons (Fsp3) is 0. The number of aromatic nitrogens is 4. The van der Waals surface area contributed by atoms with E-state index in [9.17, 15) is 9.59 Å². The van der Waals surface area contributed by atoms with Gasteiger partial charge in [-0.25, -0.2) is 9.97 Å². The Hall–Kier alpha value is -3.55. The Morgan fingerprint density at radius 2 is 2.09 bits per heavy atom. The molecule has 8 heteroatoms. The Balaban J connectivity index is 1.74. The number of rotatable bonds is 2. The van der Waals surface area contributed by atoms with Crippen molar-refractivity contribution in [2.24, 2.45) is 0 Å². The van der Waals surface area contributed by atoms with E-state index in [4.69, 9.17) is 4.52 Å². The molecule has 0 saturated carbocycles. The zero-order chi connectivity index (χ0) is 15.8. The Labute approximate surface area is 128 Å². The van der Waals surface area contributed by atoms with Crippen molar-refractivity contribution in [1.29, 1.82) is 0 Å². The Kier molecular flexibility index (Phi) is 2.87. The van der Waals surface area contributed by atoms with Crippen LogP contribution < -0.4 is 10.9 Å². The normalized spacial score (nSPS) is 11.0. The summed E-state index contributed by atoms with van der Waals surface area (Å²) in [6, 6.07) is 8.51. The van der Waals surface area contributed by atoms with Crippen molar-refractivity contribution < 1.29 is 9.32 Å². The number of carbonyl (C=O) groups excluding carboxylic acids is 1. The van der Waals surface area contributed by atoms with Crippen LogP contribution in [0.25, 0.3) is 16.7 Å². The first-order chi connectivity index (χ1) is 11.2. The minimum absolute atomic E-state index is 0.00865. The van der Waals surface area contributed by atoms with E-state index in [2.05, 4.69) is 20.4 Å². The van der Waals surface area contributed by atoms with Gasteiger partial charge in [-0.05, 0) is 24.3 Å². The van der Waals surface area contributed by atoms with Crippen LogP contribution in [0.4, 0.5) is 5.69 Å². The minimum Gasteiger partial charge on any atom is -0.348 e. The molecule has 0 saturated heterocycles. The number of hydrogen-bond acceptors (Lipinski definition) is 6. The number of amides is 1. The highest BCUT2D eigenvalue weighted by atomic mass is 16.5. The SMILES string of the molecule is O=C(Nc1cnc2ccccn2c1=O)c1onc2ncccc12. The molecule has 112 valence electrons. The van der Waals surface area contributed by atoms with Crippen LogP contribution in [0, 0.1) is 0 Å². The maximum absolute atomic E-state index is 12.3. The molecule has 8 nitrogen and oxygen atoms in total. The number of fused-ring (bicyclic) bond motifs is 2. The van der Waals surface area contributed by atoms with Crippen LogP contribution in [0.3, 0.4) is 0 Å².